The van der Waals surface area contributed by atoms with Gasteiger partial charge in [0.25, 0.3) is 5.56 Å². The molecular weight excluding hydrogens is 494 g/mol. The van der Waals surface area contributed by atoms with E-state index >= 15 is 0 Å². The van der Waals surface area contributed by atoms with E-state index in [1.165, 1.54) is 18.0 Å². The highest BCUT2D eigenvalue weighted by molar-refractivity contribution is 9.10. The minimum atomic E-state index is -0.415. The Labute approximate surface area is 205 Å². The summed E-state index contributed by atoms with van der Waals surface area (Å²) >= 11 is 3.46. The zero-order valence-corrected chi connectivity index (χ0v) is 20.4. The topological polar surface area (TPSA) is 73.5 Å². The number of nitrogens with zero attached hydrogens (tertiary/aromatic N) is 3. The SMILES string of the molecule is CC(=O)Oc1ccc2ccccc2c1C=Nn1c(C2CCCCC2)nc2ccc(Br)cc2c1=O. The summed E-state index contributed by atoms with van der Waals surface area (Å²) in [6, 6.07) is 17.0. The number of halogens is 1. The largest absolute Gasteiger partial charge is 0.426 e. The maximum absolute atomic E-state index is 13.6. The molecule has 0 aliphatic heterocycles. The first-order valence-corrected chi connectivity index (χ1v) is 12.3. The van der Waals surface area contributed by atoms with Gasteiger partial charge in [0.2, 0.25) is 0 Å². The average Bonchev–Trinajstić information content (AvgIpc) is 2.84. The molecule has 0 radical (unpaired) electrons. The first-order chi connectivity index (χ1) is 16.5. The van der Waals surface area contributed by atoms with Gasteiger partial charge in [0.15, 0.2) is 0 Å². The van der Waals surface area contributed by atoms with Gasteiger partial charge in [-0.1, -0.05) is 65.5 Å². The number of fused-ring (bicyclic) bond motifs is 2. The zero-order chi connectivity index (χ0) is 23.7. The Morgan fingerprint density at radius 3 is 2.68 bits per heavy atom. The lowest BCUT2D eigenvalue weighted by molar-refractivity contribution is -0.131. The molecule has 0 atom stereocenters. The van der Waals surface area contributed by atoms with Crippen molar-refractivity contribution in [3.05, 3.63) is 80.8 Å². The molecule has 7 heteroatoms. The van der Waals surface area contributed by atoms with Gasteiger partial charge in [-0.15, -0.1) is 0 Å². The third kappa shape index (κ3) is 4.40. The van der Waals surface area contributed by atoms with Crippen LogP contribution >= 0.6 is 15.9 Å². The second kappa shape index (κ2) is 9.50. The van der Waals surface area contributed by atoms with E-state index in [0.717, 1.165) is 40.9 Å². The molecule has 1 aliphatic rings. The van der Waals surface area contributed by atoms with Crippen LogP contribution in [-0.4, -0.2) is 21.8 Å². The Bertz CT molecular complexity index is 1490. The third-order valence-corrected chi connectivity index (χ3v) is 6.78. The quantitative estimate of drug-likeness (QED) is 0.184. The van der Waals surface area contributed by atoms with Crippen LogP contribution in [-0.2, 0) is 4.79 Å². The molecule has 0 saturated heterocycles. The fraction of sp³-hybridized carbons (Fsp3) is 0.259. The Morgan fingerprint density at radius 1 is 1.09 bits per heavy atom. The van der Waals surface area contributed by atoms with E-state index in [2.05, 4.69) is 21.0 Å². The Kier molecular flexibility index (Phi) is 6.28. The van der Waals surface area contributed by atoms with Crippen LogP contribution in [0.4, 0.5) is 0 Å². The highest BCUT2D eigenvalue weighted by Gasteiger charge is 2.22. The monoisotopic (exact) mass is 517 g/mol. The van der Waals surface area contributed by atoms with Crippen LogP contribution < -0.4 is 10.3 Å². The second-order valence-corrected chi connectivity index (χ2v) is 9.54. The molecule has 1 heterocycles. The van der Waals surface area contributed by atoms with E-state index in [1.54, 1.807) is 18.3 Å². The summed E-state index contributed by atoms with van der Waals surface area (Å²) in [6.45, 7) is 1.37. The molecule has 0 amide bonds. The van der Waals surface area contributed by atoms with E-state index in [-0.39, 0.29) is 11.5 Å². The molecule has 1 aliphatic carbocycles. The predicted octanol–water partition coefficient (Wildman–Crippen LogP) is 6.17. The van der Waals surface area contributed by atoms with Crippen molar-refractivity contribution in [3.8, 4) is 5.75 Å². The molecule has 6 nitrogen and oxygen atoms in total. The fourth-order valence-electron chi connectivity index (χ4n) is 4.67. The zero-order valence-electron chi connectivity index (χ0n) is 18.8. The number of esters is 1. The molecule has 4 aromatic rings. The predicted molar refractivity (Wildman–Crippen MR) is 138 cm³/mol. The summed E-state index contributed by atoms with van der Waals surface area (Å²) in [5.41, 5.74) is 1.10. The lowest BCUT2D eigenvalue weighted by atomic mass is 9.88. The first kappa shape index (κ1) is 22.5. The Balaban J connectivity index is 1.71. The minimum absolute atomic E-state index is 0.173. The Hall–Kier alpha value is -3.32. The molecule has 3 aromatic carbocycles. The number of carbonyl (C=O) groups excluding carboxylic acids is 1. The van der Waals surface area contributed by atoms with Crippen molar-refractivity contribution < 1.29 is 9.53 Å². The maximum Gasteiger partial charge on any atom is 0.308 e. The molecule has 1 aromatic heterocycles. The van der Waals surface area contributed by atoms with Crippen LogP contribution in [0.5, 0.6) is 5.75 Å². The fourth-order valence-corrected chi connectivity index (χ4v) is 5.03. The van der Waals surface area contributed by atoms with Gasteiger partial charge < -0.3 is 4.74 Å². The number of benzene rings is 3. The standard InChI is InChI=1S/C27H24BrN3O3/c1-17(32)34-25-14-11-18-7-5-6-10-21(18)23(25)16-29-31-26(19-8-3-2-4-9-19)30-24-13-12-20(28)15-22(24)27(31)33/h5-7,10-16,19H,2-4,8-9H2,1H3. The van der Waals surface area contributed by atoms with Crippen molar-refractivity contribution in [1.82, 2.24) is 9.66 Å². The molecule has 34 heavy (non-hydrogen) atoms. The Morgan fingerprint density at radius 2 is 1.88 bits per heavy atom. The summed E-state index contributed by atoms with van der Waals surface area (Å²) in [6.07, 6.45) is 7.01. The van der Waals surface area contributed by atoms with E-state index in [0.29, 0.717) is 28.0 Å². The van der Waals surface area contributed by atoms with Crippen LogP contribution in [0.15, 0.2) is 69.0 Å². The van der Waals surface area contributed by atoms with Crippen molar-refractivity contribution in [2.45, 2.75) is 44.9 Å². The number of hydrogen-bond donors (Lipinski definition) is 0. The second-order valence-electron chi connectivity index (χ2n) is 8.62. The van der Waals surface area contributed by atoms with Gasteiger partial charge in [-0.25, -0.2) is 4.98 Å². The van der Waals surface area contributed by atoms with E-state index in [1.807, 2.05) is 42.5 Å². The number of aromatic nitrogens is 2. The summed E-state index contributed by atoms with van der Waals surface area (Å²) in [7, 11) is 0. The van der Waals surface area contributed by atoms with Gasteiger partial charge >= 0.3 is 5.97 Å². The van der Waals surface area contributed by atoms with Gasteiger partial charge in [0.05, 0.1) is 17.1 Å². The molecule has 1 saturated carbocycles. The van der Waals surface area contributed by atoms with Crippen LogP contribution in [0.1, 0.15) is 56.3 Å². The summed E-state index contributed by atoms with van der Waals surface area (Å²) < 4.78 is 7.71. The van der Waals surface area contributed by atoms with Crippen molar-refractivity contribution in [3.63, 3.8) is 0 Å². The van der Waals surface area contributed by atoms with Gasteiger partial charge in [0, 0.05) is 22.9 Å². The molecule has 172 valence electrons. The summed E-state index contributed by atoms with van der Waals surface area (Å²) in [4.78, 5) is 30.2. The normalized spacial score (nSPS) is 14.8. The van der Waals surface area contributed by atoms with Gasteiger partial charge in [-0.3, -0.25) is 9.59 Å². The molecule has 1 fully saturated rings. The smallest absolute Gasteiger partial charge is 0.308 e. The number of rotatable bonds is 4. The van der Waals surface area contributed by atoms with Gasteiger partial charge in [-0.05, 0) is 47.9 Å². The molecule has 5 rings (SSSR count). The highest BCUT2D eigenvalue weighted by Crippen LogP contribution is 2.32. The third-order valence-electron chi connectivity index (χ3n) is 6.29. The van der Waals surface area contributed by atoms with Crippen LogP contribution in [0.2, 0.25) is 0 Å². The maximum atomic E-state index is 13.6. The number of ether oxygens (including phenoxy) is 1. The highest BCUT2D eigenvalue weighted by atomic mass is 79.9. The molecule has 0 unspecified atom stereocenters. The lowest BCUT2D eigenvalue weighted by Crippen LogP contribution is -2.25. The summed E-state index contributed by atoms with van der Waals surface area (Å²) in [5, 5.41) is 7.03. The lowest BCUT2D eigenvalue weighted by Gasteiger charge is -2.22. The number of hydrogen-bond acceptors (Lipinski definition) is 5. The van der Waals surface area contributed by atoms with Crippen LogP contribution in [0.25, 0.3) is 21.7 Å². The summed E-state index contributed by atoms with van der Waals surface area (Å²) in [5.74, 6) is 0.845. The van der Waals surface area contributed by atoms with Crippen molar-refractivity contribution in [2.75, 3.05) is 0 Å². The average molecular weight is 518 g/mol. The van der Waals surface area contributed by atoms with Crippen LogP contribution in [0.3, 0.4) is 0 Å². The van der Waals surface area contributed by atoms with Gasteiger partial charge in [-0.2, -0.15) is 9.78 Å². The van der Waals surface area contributed by atoms with Crippen molar-refractivity contribution >= 4 is 49.8 Å². The number of carbonyl (C=O) groups is 1. The minimum Gasteiger partial charge on any atom is -0.426 e. The van der Waals surface area contributed by atoms with Crippen molar-refractivity contribution in [2.24, 2.45) is 5.10 Å². The van der Waals surface area contributed by atoms with E-state index in [9.17, 15) is 9.59 Å². The molecular formula is C27H24BrN3O3. The first-order valence-electron chi connectivity index (χ1n) is 11.5. The van der Waals surface area contributed by atoms with E-state index < -0.39 is 5.97 Å². The molecule has 0 spiro atoms. The molecule has 0 bridgehead atoms. The van der Waals surface area contributed by atoms with Crippen molar-refractivity contribution in [1.29, 1.82) is 0 Å². The van der Waals surface area contributed by atoms with Gasteiger partial charge in [0.1, 0.15) is 11.6 Å². The molecule has 0 N–H and O–H groups in total. The van der Waals surface area contributed by atoms with Crippen LogP contribution in [0, 0.1) is 0 Å². The van der Waals surface area contributed by atoms with E-state index in [4.69, 9.17) is 9.72 Å².